The smallest absolute Gasteiger partial charge is 0.226 e. The van der Waals surface area contributed by atoms with Gasteiger partial charge in [-0.1, -0.05) is 12.8 Å². The second kappa shape index (κ2) is 12.3. The van der Waals surface area contributed by atoms with Crippen molar-refractivity contribution in [1.29, 1.82) is 0 Å². The molecule has 0 aromatic carbocycles. The van der Waals surface area contributed by atoms with E-state index in [1.54, 1.807) is 0 Å². The fraction of sp³-hybridized carbons (Fsp3) is 0.857. The molecule has 222 valence electrons. The Balaban J connectivity index is 0.985. The molecule has 5 saturated heterocycles. The number of morpholine rings is 1. The number of fused-ring (bicyclic) bond motifs is 2. The molecule has 6 heterocycles. The first-order valence-corrected chi connectivity index (χ1v) is 18.2. The summed E-state index contributed by atoms with van der Waals surface area (Å²) in [5, 5.41) is 17.1. The van der Waals surface area contributed by atoms with Crippen molar-refractivity contribution >= 4 is 47.0 Å². The average Bonchev–Trinajstić information content (AvgIpc) is 3.69. The molecule has 7 aliphatic rings. The molecule has 1 saturated carbocycles. The molecular formula is C28H44N6O3S3. The number of thioether (sulfide) groups is 3. The summed E-state index contributed by atoms with van der Waals surface area (Å²) in [5.41, 5.74) is 6.46. The van der Waals surface area contributed by atoms with Crippen LogP contribution in [-0.2, 0) is 14.3 Å². The van der Waals surface area contributed by atoms with Gasteiger partial charge in [-0.15, -0.1) is 35.3 Å². The number of carbonyl (C=O) groups is 2. The molecule has 11 atom stereocenters. The highest BCUT2D eigenvalue weighted by Gasteiger charge is 2.51. The van der Waals surface area contributed by atoms with Gasteiger partial charge in [0.25, 0.3) is 0 Å². The van der Waals surface area contributed by atoms with Crippen molar-refractivity contribution in [2.45, 2.75) is 90.5 Å². The molecule has 0 aromatic rings. The van der Waals surface area contributed by atoms with Crippen molar-refractivity contribution in [3.8, 4) is 0 Å². The van der Waals surface area contributed by atoms with E-state index >= 15 is 0 Å². The Bertz CT molecular complexity index is 998. The van der Waals surface area contributed by atoms with Crippen LogP contribution < -0.4 is 27.0 Å². The number of rotatable bonds is 6. The van der Waals surface area contributed by atoms with Crippen LogP contribution in [0.2, 0.25) is 0 Å². The number of allylic oxidation sites excluding steroid dienone is 1. The van der Waals surface area contributed by atoms with E-state index in [1.807, 2.05) is 29.6 Å². The molecule has 0 spiro atoms. The highest BCUT2D eigenvalue weighted by molar-refractivity contribution is 8.07. The summed E-state index contributed by atoms with van der Waals surface area (Å²) in [7, 11) is 0. The SMILES string of the molecule is N[C@@H]1CCCC[C@@H]1NC1CC2CNC(=O)C2C(NC2CCC(C3CSC4C(=O)C=C(N5CCOCC5)SC43)S2)N1. The Kier molecular flexibility index (Phi) is 8.68. The summed E-state index contributed by atoms with van der Waals surface area (Å²) >= 11 is 5.87. The zero-order valence-electron chi connectivity index (χ0n) is 23.1. The molecule has 1 amide bonds. The maximum Gasteiger partial charge on any atom is 0.226 e. The number of hydrogen-bond donors (Lipinski definition) is 5. The van der Waals surface area contributed by atoms with Gasteiger partial charge in [-0.05, 0) is 49.7 Å². The number of hydrogen-bond acceptors (Lipinski definition) is 11. The number of piperidine rings is 1. The van der Waals surface area contributed by atoms with E-state index in [2.05, 4.69) is 37.9 Å². The normalized spacial score (nSPS) is 45.7. The molecule has 6 fully saturated rings. The Morgan fingerprint density at radius 1 is 1.07 bits per heavy atom. The number of amides is 1. The van der Waals surface area contributed by atoms with Crippen LogP contribution >= 0.6 is 35.3 Å². The van der Waals surface area contributed by atoms with Gasteiger partial charge in [0.05, 0.1) is 47.1 Å². The van der Waals surface area contributed by atoms with Crippen molar-refractivity contribution in [3.63, 3.8) is 0 Å². The zero-order valence-corrected chi connectivity index (χ0v) is 25.5. The summed E-state index contributed by atoms with van der Waals surface area (Å²) in [4.78, 5) is 28.3. The predicted molar refractivity (Wildman–Crippen MR) is 163 cm³/mol. The highest BCUT2D eigenvalue weighted by Crippen LogP contribution is 2.52. The maximum absolute atomic E-state index is 13.1. The predicted octanol–water partition coefficient (Wildman–Crippen LogP) is 1.25. The van der Waals surface area contributed by atoms with Gasteiger partial charge in [0.1, 0.15) is 0 Å². The lowest BCUT2D eigenvalue weighted by molar-refractivity contribution is -0.125. The molecule has 0 bridgehead atoms. The summed E-state index contributed by atoms with van der Waals surface area (Å²) < 4.78 is 5.55. The molecule has 12 heteroatoms. The largest absolute Gasteiger partial charge is 0.378 e. The van der Waals surface area contributed by atoms with Gasteiger partial charge >= 0.3 is 0 Å². The number of ketones is 1. The maximum atomic E-state index is 13.1. The van der Waals surface area contributed by atoms with Crippen LogP contribution in [0.1, 0.15) is 44.9 Å². The second-order valence-electron chi connectivity index (χ2n) is 12.6. The number of nitrogens with two attached hydrogens (primary N) is 1. The molecule has 9 unspecified atom stereocenters. The van der Waals surface area contributed by atoms with E-state index in [0.717, 1.165) is 75.7 Å². The number of ether oxygens (including phenoxy) is 1. The molecule has 6 aliphatic heterocycles. The third-order valence-electron chi connectivity index (χ3n) is 10.1. The summed E-state index contributed by atoms with van der Waals surface area (Å²) in [6, 6.07) is 0.559. The lowest BCUT2D eigenvalue weighted by Gasteiger charge is -2.42. The summed E-state index contributed by atoms with van der Waals surface area (Å²) in [5.74, 6) is 2.37. The minimum Gasteiger partial charge on any atom is -0.378 e. The van der Waals surface area contributed by atoms with Crippen LogP contribution in [0.15, 0.2) is 11.1 Å². The van der Waals surface area contributed by atoms with Crippen molar-refractivity contribution < 1.29 is 14.3 Å². The Morgan fingerprint density at radius 2 is 1.93 bits per heavy atom. The van der Waals surface area contributed by atoms with Crippen LogP contribution in [0, 0.1) is 17.8 Å². The molecule has 6 N–H and O–H groups in total. The van der Waals surface area contributed by atoms with Gasteiger partial charge in [0, 0.05) is 48.3 Å². The molecule has 0 aromatic heterocycles. The van der Waals surface area contributed by atoms with Gasteiger partial charge in [-0.25, -0.2) is 0 Å². The lowest BCUT2D eigenvalue weighted by Crippen LogP contribution is -2.66. The quantitative estimate of drug-likeness (QED) is 0.300. The third kappa shape index (κ3) is 5.73. The minimum atomic E-state index is -0.0398. The van der Waals surface area contributed by atoms with E-state index in [1.165, 1.54) is 12.8 Å². The fourth-order valence-corrected chi connectivity index (χ4v) is 13.3. The first-order valence-electron chi connectivity index (χ1n) is 15.4. The van der Waals surface area contributed by atoms with Gasteiger partial charge < -0.3 is 20.7 Å². The van der Waals surface area contributed by atoms with Gasteiger partial charge in [-0.3, -0.25) is 25.5 Å². The highest BCUT2D eigenvalue weighted by atomic mass is 32.2. The lowest BCUT2D eigenvalue weighted by atomic mass is 9.84. The van der Waals surface area contributed by atoms with Crippen molar-refractivity contribution in [2.75, 3.05) is 38.6 Å². The van der Waals surface area contributed by atoms with Crippen LogP contribution in [0.3, 0.4) is 0 Å². The number of nitrogens with one attached hydrogen (secondary N) is 4. The van der Waals surface area contributed by atoms with Crippen LogP contribution in [0.5, 0.6) is 0 Å². The molecular weight excluding hydrogens is 565 g/mol. The van der Waals surface area contributed by atoms with E-state index in [4.69, 9.17) is 10.5 Å². The van der Waals surface area contributed by atoms with Crippen molar-refractivity contribution in [3.05, 3.63) is 11.1 Å². The van der Waals surface area contributed by atoms with E-state index in [0.29, 0.717) is 39.5 Å². The molecule has 1 aliphatic carbocycles. The molecule has 0 radical (unpaired) electrons. The monoisotopic (exact) mass is 608 g/mol. The Labute approximate surface area is 250 Å². The topological polar surface area (TPSA) is 121 Å². The summed E-state index contributed by atoms with van der Waals surface area (Å²) in [6.07, 6.45) is 9.94. The third-order valence-corrected chi connectivity index (χ3v) is 14.9. The van der Waals surface area contributed by atoms with Crippen molar-refractivity contribution in [2.24, 2.45) is 23.5 Å². The molecule has 40 heavy (non-hydrogen) atoms. The van der Waals surface area contributed by atoms with Crippen LogP contribution in [-0.4, -0.2) is 101 Å². The second-order valence-corrected chi connectivity index (χ2v) is 16.4. The Morgan fingerprint density at radius 3 is 2.77 bits per heavy atom. The van der Waals surface area contributed by atoms with Crippen LogP contribution in [0.25, 0.3) is 0 Å². The standard InChI is InChI=1S/C28H44N6O3S3/c29-17-3-1-2-4-18(17)31-21-11-15-13-30-28(36)24(15)27(32-21)33-22-6-5-20(39-22)16-14-38-26-19(35)12-23(40-25(16)26)34-7-9-37-10-8-34/h12,15-18,20-22,24-27,31-33H,1-11,13-14,29H2,(H,30,36)/t15?,16?,17-,18+,20?,21?,22?,24?,25?,26?,27?/m1/s1. The van der Waals surface area contributed by atoms with E-state index in [9.17, 15) is 9.59 Å². The molecule has 9 nitrogen and oxygen atoms in total. The van der Waals surface area contributed by atoms with Gasteiger partial charge in [-0.2, -0.15) is 0 Å². The van der Waals surface area contributed by atoms with E-state index in [-0.39, 0.29) is 35.4 Å². The van der Waals surface area contributed by atoms with E-state index < -0.39 is 0 Å². The number of carbonyl (C=O) groups excluding carboxylic acids is 2. The molecule has 7 rings (SSSR count). The number of nitrogens with zero attached hydrogens (tertiary/aromatic N) is 1. The summed E-state index contributed by atoms with van der Waals surface area (Å²) in [6.45, 7) is 3.99. The van der Waals surface area contributed by atoms with Gasteiger partial charge in [0.15, 0.2) is 5.78 Å². The first-order chi connectivity index (χ1) is 19.5. The fourth-order valence-electron chi connectivity index (χ4n) is 7.90. The minimum absolute atomic E-state index is 0.0307. The van der Waals surface area contributed by atoms with Crippen molar-refractivity contribution in [1.82, 2.24) is 26.2 Å². The first kappa shape index (κ1) is 28.3. The van der Waals surface area contributed by atoms with Crippen LogP contribution in [0.4, 0.5) is 0 Å². The van der Waals surface area contributed by atoms with Gasteiger partial charge in [0.2, 0.25) is 5.91 Å². The Hall–Kier alpha value is -0.470. The average molecular weight is 609 g/mol. The zero-order chi connectivity index (χ0) is 27.2.